The smallest absolute Gasteiger partial charge is 0.240 e. The van der Waals surface area contributed by atoms with Crippen molar-refractivity contribution in [1.82, 2.24) is 9.62 Å². The van der Waals surface area contributed by atoms with Crippen LogP contribution >= 0.6 is 0 Å². The maximum Gasteiger partial charge on any atom is 0.240 e. The fourth-order valence-electron chi connectivity index (χ4n) is 3.03. The summed E-state index contributed by atoms with van der Waals surface area (Å²) < 4.78 is 27.9. The first-order valence-electron chi connectivity index (χ1n) is 8.26. The number of likely N-dealkylation sites (tertiary alicyclic amines) is 1. The molecule has 0 spiro atoms. The van der Waals surface area contributed by atoms with Gasteiger partial charge in [-0.25, -0.2) is 13.1 Å². The maximum absolute atomic E-state index is 12.6. The predicted molar refractivity (Wildman–Crippen MR) is 95.6 cm³/mol. The van der Waals surface area contributed by atoms with E-state index in [2.05, 4.69) is 22.0 Å². The van der Waals surface area contributed by atoms with Crippen LogP contribution in [0.1, 0.15) is 30.9 Å². The summed E-state index contributed by atoms with van der Waals surface area (Å²) in [5.74, 6) is 0.217. The molecule has 2 rings (SSSR count). The number of carbonyl (C=O) groups excluding carboxylic acids is 1. The molecule has 1 fully saturated rings. The molecule has 2 N–H and O–H groups in total. The van der Waals surface area contributed by atoms with Crippen LogP contribution in [0.2, 0.25) is 0 Å². The van der Waals surface area contributed by atoms with Gasteiger partial charge in [0.25, 0.3) is 0 Å². The Kier molecular flexibility index (Phi) is 6.01. The van der Waals surface area contributed by atoms with Crippen molar-refractivity contribution in [2.24, 2.45) is 5.92 Å². The number of piperidine rings is 1. The van der Waals surface area contributed by atoms with Crippen molar-refractivity contribution in [3.05, 3.63) is 23.3 Å². The summed E-state index contributed by atoms with van der Waals surface area (Å²) in [6, 6.07) is 3.21. The standard InChI is InChI=1S/C17H27N3O3S/c1-12-9-16(10-13(2)17(12)19-14(3)21)24(22,23)18-11-15-5-7-20(4)8-6-15/h9-10,15,18H,5-8,11H2,1-4H3,(H,19,21). The van der Waals surface area contributed by atoms with E-state index in [1.165, 1.54) is 6.92 Å². The summed E-state index contributed by atoms with van der Waals surface area (Å²) in [7, 11) is -1.45. The van der Waals surface area contributed by atoms with E-state index in [-0.39, 0.29) is 10.8 Å². The highest BCUT2D eigenvalue weighted by Crippen LogP contribution is 2.25. The van der Waals surface area contributed by atoms with Gasteiger partial charge in [-0.2, -0.15) is 0 Å². The lowest BCUT2D eigenvalue weighted by atomic mass is 9.98. The summed E-state index contributed by atoms with van der Waals surface area (Å²) in [5, 5.41) is 2.75. The number of nitrogens with one attached hydrogen (secondary N) is 2. The van der Waals surface area contributed by atoms with Crippen LogP contribution in [-0.4, -0.2) is 45.9 Å². The number of anilines is 1. The van der Waals surface area contributed by atoms with Gasteiger partial charge in [0.05, 0.1) is 4.90 Å². The molecule has 1 heterocycles. The molecule has 0 radical (unpaired) electrons. The zero-order valence-electron chi connectivity index (χ0n) is 14.8. The second-order valence-corrected chi connectivity index (χ2v) is 8.48. The van der Waals surface area contributed by atoms with Gasteiger partial charge in [-0.1, -0.05) is 0 Å². The first-order valence-corrected chi connectivity index (χ1v) is 9.74. The number of amides is 1. The molecule has 134 valence electrons. The molecule has 0 bridgehead atoms. The molecule has 1 aromatic carbocycles. The van der Waals surface area contributed by atoms with Crippen molar-refractivity contribution in [2.75, 3.05) is 32.0 Å². The van der Waals surface area contributed by atoms with Crippen LogP contribution < -0.4 is 10.0 Å². The number of sulfonamides is 1. The third kappa shape index (κ3) is 4.78. The molecule has 1 amide bonds. The number of hydrogen-bond acceptors (Lipinski definition) is 4. The summed E-state index contributed by atoms with van der Waals surface area (Å²) in [6.45, 7) is 7.53. The second kappa shape index (κ2) is 7.63. The first-order chi connectivity index (χ1) is 11.2. The molecule has 0 atom stereocenters. The third-order valence-corrected chi connectivity index (χ3v) is 5.92. The Hall–Kier alpha value is -1.44. The maximum atomic E-state index is 12.6. The topological polar surface area (TPSA) is 78.5 Å². The molecular formula is C17H27N3O3S. The van der Waals surface area contributed by atoms with Crippen molar-refractivity contribution < 1.29 is 13.2 Å². The molecule has 1 aliphatic rings. The highest BCUT2D eigenvalue weighted by molar-refractivity contribution is 7.89. The van der Waals surface area contributed by atoms with Crippen LogP contribution in [-0.2, 0) is 14.8 Å². The summed E-state index contributed by atoms with van der Waals surface area (Å²) in [4.78, 5) is 13.8. The Balaban J connectivity index is 2.10. The van der Waals surface area contributed by atoms with E-state index in [0.29, 0.717) is 18.2 Å². The van der Waals surface area contributed by atoms with Crippen molar-refractivity contribution in [3.8, 4) is 0 Å². The molecule has 24 heavy (non-hydrogen) atoms. The fourth-order valence-corrected chi connectivity index (χ4v) is 4.31. The number of rotatable bonds is 5. The summed E-state index contributed by atoms with van der Waals surface area (Å²) >= 11 is 0. The van der Waals surface area contributed by atoms with Crippen LogP contribution in [0.15, 0.2) is 17.0 Å². The minimum absolute atomic E-state index is 0.169. The monoisotopic (exact) mass is 353 g/mol. The van der Waals surface area contributed by atoms with Gasteiger partial charge in [-0.05, 0) is 76.0 Å². The molecule has 6 nitrogen and oxygen atoms in total. The van der Waals surface area contributed by atoms with Crippen LogP contribution in [0.25, 0.3) is 0 Å². The van der Waals surface area contributed by atoms with E-state index in [4.69, 9.17) is 0 Å². The van der Waals surface area contributed by atoms with Crippen LogP contribution in [0.4, 0.5) is 5.69 Å². The van der Waals surface area contributed by atoms with E-state index in [0.717, 1.165) is 37.1 Å². The quantitative estimate of drug-likeness (QED) is 0.847. The van der Waals surface area contributed by atoms with E-state index in [1.807, 2.05) is 0 Å². The number of nitrogens with zero attached hydrogens (tertiary/aromatic N) is 1. The van der Waals surface area contributed by atoms with Gasteiger partial charge in [0.15, 0.2) is 0 Å². The third-order valence-electron chi connectivity index (χ3n) is 4.52. The van der Waals surface area contributed by atoms with Gasteiger partial charge in [-0.3, -0.25) is 4.79 Å². The van der Waals surface area contributed by atoms with Crippen molar-refractivity contribution in [2.45, 2.75) is 38.5 Å². The van der Waals surface area contributed by atoms with Gasteiger partial charge in [0, 0.05) is 19.2 Å². The van der Waals surface area contributed by atoms with Crippen LogP contribution in [0.5, 0.6) is 0 Å². The molecule has 0 aliphatic carbocycles. The average Bonchev–Trinajstić information content (AvgIpc) is 2.50. The Morgan fingerprint density at radius 2 is 1.75 bits per heavy atom. The average molecular weight is 353 g/mol. The Bertz CT molecular complexity index is 685. The number of benzene rings is 1. The molecule has 1 aliphatic heterocycles. The van der Waals surface area contributed by atoms with Crippen LogP contribution in [0, 0.1) is 19.8 Å². The number of hydrogen-bond donors (Lipinski definition) is 2. The van der Waals surface area contributed by atoms with Crippen LogP contribution in [0.3, 0.4) is 0 Å². The highest BCUT2D eigenvalue weighted by Gasteiger charge is 2.21. The van der Waals surface area contributed by atoms with E-state index in [9.17, 15) is 13.2 Å². The van der Waals surface area contributed by atoms with Gasteiger partial charge in [-0.15, -0.1) is 0 Å². The summed E-state index contributed by atoms with van der Waals surface area (Å²) in [6.07, 6.45) is 2.02. The zero-order chi connectivity index (χ0) is 17.9. The van der Waals surface area contributed by atoms with Gasteiger partial charge in [0.1, 0.15) is 0 Å². The molecule has 1 saturated heterocycles. The van der Waals surface area contributed by atoms with Gasteiger partial charge >= 0.3 is 0 Å². The molecule has 1 aromatic rings. The normalized spacial score (nSPS) is 17.0. The Labute approximate surface area is 144 Å². The van der Waals surface area contributed by atoms with Crippen molar-refractivity contribution in [3.63, 3.8) is 0 Å². The summed E-state index contributed by atoms with van der Waals surface area (Å²) in [5.41, 5.74) is 2.16. The lowest BCUT2D eigenvalue weighted by molar-refractivity contribution is -0.114. The number of carbonyl (C=O) groups is 1. The SMILES string of the molecule is CC(=O)Nc1c(C)cc(S(=O)(=O)NCC2CCN(C)CC2)cc1C. The van der Waals surface area contributed by atoms with E-state index in [1.54, 1.807) is 26.0 Å². The molecule has 0 aromatic heterocycles. The molecule has 7 heteroatoms. The molecular weight excluding hydrogens is 326 g/mol. The van der Waals surface area contributed by atoms with Gasteiger partial charge in [0.2, 0.25) is 15.9 Å². The minimum atomic E-state index is -3.54. The van der Waals surface area contributed by atoms with Gasteiger partial charge < -0.3 is 10.2 Å². The van der Waals surface area contributed by atoms with Crippen molar-refractivity contribution >= 4 is 21.6 Å². The lowest BCUT2D eigenvalue weighted by Crippen LogP contribution is -2.36. The fraction of sp³-hybridized carbons (Fsp3) is 0.588. The Morgan fingerprint density at radius 1 is 1.21 bits per heavy atom. The van der Waals surface area contributed by atoms with E-state index >= 15 is 0 Å². The highest BCUT2D eigenvalue weighted by atomic mass is 32.2. The minimum Gasteiger partial charge on any atom is -0.326 e. The lowest BCUT2D eigenvalue weighted by Gasteiger charge is -2.28. The predicted octanol–water partition coefficient (Wildman–Crippen LogP) is 1.88. The van der Waals surface area contributed by atoms with Crippen molar-refractivity contribution in [1.29, 1.82) is 0 Å². The first kappa shape index (κ1) is 18.9. The Morgan fingerprint density at radius 3 is 2.25 bits per heavy atom. The zero-order valence-corrected chi connectivity index (χ0v) is 15.7. The molecule has 0 unspecified atom stereocenters. The second-order valence-electron chi connectivity index (χ2n) is 6.71. The number of aryl methyl sites for hydroxylation is 2. The van der Waals surface area contributed by atoms with E-state index < -0.39 is 10.0 Å². The molecule has 0 saturated carbocycles. The largest absolute Gasteiger partial charge is 0.326 e.